The quantitative estimate of drug-likeness (QED) is 0.274. The lowest BCUT2D eigenvalue weighted by Gasteiger charge is -2.29. The highest BCUT2D eigenvalue weighted by molar-refractivity contribution is 5.79. The molecule has 19 heavy (non-hydrogen) atoms. The Morgan fingerprint density at radius 3 is 1.89 bits per heavy atom. The molecule has 0 saturated carbocycles. The predicted octanol–water partition coefficient (Wildman–Crippen LogP) is -3.68. The second-order valence-electron chi connectivity index (χ2n) is 4.10. The van der Waals surface area contributed by atoms with Crippen molar-refractivity contribution in [1.82, 2.24) is 10.4 Å². The Labute approximate surface area is 110 Å². The monoisotopic (exact) mass is 280 g/mol. The van der Waals surface area contributed by atoms with Crippen LogP contribution in [0.3, 0.4) is 0 Å². The molecule has 9 heteroatoms. The van der Waals surface area contributed by atoms with Gasteiger partial charge in [-0.2, -0.15) is 0 Å². The van der Waals surface area contributed by atoms with Crippen molar-refractivity contribution in [2.45, 2.75) is 38.3 Å². The van der Waals surface area contributed by atoms with Crippen LogP contribution in [0.4, 0.5) is 0 Å². The molecule has 0 aromatic carbocycles. The van der Waals surface area contributed by atoms with Crippen molar-refractivity contribution in [2.75, 3.05) is 13.2 Å². The number of hydrogen-bond donors (Lipinski definition) is 6. The molecule has 112 valence electrons. The molecule has 0 heterocycles. The summed E-state index contributed by atoms with van der Waals surface area (Å²) in [6.45, 7) is 1.01. The Morgan fingerprint density at radius 1 is 1.05 bits per heavy atom. The highest BCUT2D eigenvalue weighted by Gasteiger charge is 2.31. The average Bonchev–Trinajstić information content (AvgIpc) is 2.34. The van der Waals surface area contributed by atoms with Crippen molar-refractivity contribution in [2.24, 2.45) is 0 Å². The van der Waals surface area contributed by atoms with E-state index in [1.54, 1.807) is 0 Å². The minimum atomic E-state index is -1.79. The summed E-state index contributed by atoms with van der Waals surface area (Å²) in [7, 11) is 0. The van der Waals surface area contributed by atoms with Crippen molar-refractivity contribution in [1.29, 1.82) is 0 Å². The van der Waals surface area contributed by atoms with E-state index in [9.17, 15) is 24.9 Å². The number of carbonyl (C=O) groups excluding carboxylic acids is 2. The Bertz CT molecular complexity index is 312. The number of aliphatic hydroxyl groups is 5. The van der Waals surface area contributed by atoms with E-state index in [0.29, 0.717) is 0 Å². The van der Waals surface area contributed by atoms with Gasteiger partial charge < -0.3 is 25.5 Å². The van der Waals surface area contributed by atoms with E-state index in [2.05, 4.69) is 5.43 Å². The summed E-state index contributed by atoms with van der Waals surface area (Å²) < 4.78 is 0. The third-order valence-electron chi connectivity index (χ3n) is 2.37. The number of amides is 2. The van der Waals surface area contributed by atoms with E-state index >= 15 is 0 Å². The third-order valence-corrected chi connectivity index (χ3v) is 2.37. The summed E-state index contributed by atoms with van der Waals surface area (Å²) in [6.07, 6.45) is -6.83. The summed E-state index contributed by atoms with van der Waals surface area (Å²) in [5.41, 5.74) is 2.13. The number of aliphatic hydroxyl groups excluding tert-OH is 5. The topological polar surface area (TPSA) is 151 Å². The number of hydrazine groups is 1. The molecular formula is C10H20N2O7. The predicted molar refractivity (Wildman–Crippen MR) is 62.3 cm³/mol. The van der Waals surface area contributed by atoms with E-state index in [4.69, 9.17) is 10.2 Å². The van der Waals surface area contributed by atoms with Crippen LogP contribution < -0.4 is 5.43 Å². The van der Waals surface area contributed by atoms with Crippen LogP contribution in [-0.4, -0.2) is 79.9 Å². The molecule has 0 fully saturated rings. The van der Waals surface area contributed by atoms with Crippen molar-refractivity contribution in [3.8, 4) is 0 Å². The van der Waals surface area contributed by atoms with Gasteiger partial charge >= 0.3 is 0 Å². The van der Waals surface area contributed by atoms with E-state index in [0.717, 1.165) is 18.9 Å². The van der Waals surface area contributed by atoms with Crippen LogP contribution in [0.5, 0.6) is 0 Å². The maximum absolute atomic E-state index is 11.2. The van der Waals surface area contributed by atoms with Gasteiger partial charge in [-0.3, -0.25) is 20.0 Å². The minimum Gasteiger partial charge on any atom is -0.394 e. The first kappa shape index (κ1) is 17.7. The van der Waals surface area contributed by atoms with Crippen LogP contribution in [0, 0.1) is 0 Å². The van der Waals surface area contributed by atoms with E-state index < -0.39 is 49.4 Å². The normalized spacial score (nSPS) is 17.2. The third kappa shape index (κ3) is 5.94. The summed E-state index contributed by atoms with van der Waals surface area (Å²) in [6, 6.07) is 0. The zero-order valence-corrected chi connectivity index (χ0v) is 10.7. The summed E-state index contributed by atoms with van der Waals surface area (Å²) in [5, 5.41) is 47.0. The smallest absolute Gasteiger partial charge is 0.237 e. The second kappa shape index (κ2) is 8.02. The van der Waals surface area contributed by atoms with Gasteiger partial charge in [0.15, 0.2) is 0 Å². The lowest BCUT2D eigenvalue weighted by atomic mass is 10.0. The largest absolute Gasteiger partial charge is 0.394 e. The molecule has 0 spiro atoms. The maximum Gasteiger partial charge on any atom is 0.237 e. The van der Waals surface area contributed by atoms with Gasteiger partial charge in [0.05, 0.1) is 13.2 Å². The lowest BCUT2D eigenvalue weighted by molar-refractivity contribution is -0.147. The van der Waals surface area contributed by atoms with Crippen molar-refractivity contribution < 1.29 is 35.1 Å². The van der Waals surface area contributed by atoms with Crippen LogP contribution in [-0.2, 0) is 9.59 Å². The average molecular weight is 280 g/mol. The highest BCUT2D eigenvalue weighted by atomic mass is 16.4. The van der Waals surface area contributed by atoms with Gasteiger partial charge in [-0.15, -0.1) is 0 Å². The molecule has 0 aliphatic carbocycles. The van der Waals surface area contributed by atoms with Gasteiger partial charge in [-0.1, -0.05) is 0 Å². The van der Waals surface area contributed by atoms with Gasteiger partial charge in [0.2, 0.25) is 11.8 Å². The van der Waals surface area contributed by atoms with E-state index in [1.807, 2.05) is 0 Å². The molecule has 0 aromatic rings. The van der Waals surface area contributed by atoms with Crippen molar-refractivity contribution in [3.05, 3.63) is 0 Å². The Hall–Kier alpha value is -1.26. The van der Waals surface area contributed by atoms with Crippen LogP contribution >= 0.6 is 0 Å². The van der Waals surface area contributed by atoms with Crippen LogP contribution in [0.25, 0.3) is 0 Å². The molecular weight excluding hydrogens is 260 g/mol. The summed E-state index contributed by atoms with van der Waals surface area (Å²) >= 11 is 0. The zero-order chi connectivity index (χ0) is 15.2. The van der Waals surface area contributed by atoms with E-state index in [1.165, 1.54) is 0 Å². The molecule has 2 amide bonds. The van der Waals surface area contributed by atoms with Gasteiger partial charge in [0, 0.05) is 13.8 Å². The Balaban J connectivity index is 4.58. The Kier molecular flexibility index (Phi) is 7.49. The number of nitrogens with zero attached hydrogens (tertiary/aromatic N) is 1. The summed E-state index contributed by atoms with van der Waals surface area (Å²) in [4.78, 5) is 22.0. The molecule has 0 rings (SSSR count). The molecule has 0 bridgehead atoms. The first-order chi connectivity index (χ1) is 8.70. The SMILES string of the molecule is CC(=O)NN(C[C@@H](O)[C@@H](O)[C@@H](O)[C@H](O)CO)C(C)=O. The molecule has 0 aliphatic heterocycles. The van der Waals surface area contributed by atoms with Crippen LogP contribution in [0.2, 0.25) is 0 Å². The van der Waals surface area contributed by atoms with Crippen LogP contribution in [0.15, 0.2) is 0 Å². The first-order valence-electron chi connectivity index (χ1n) is 5.59. The molecule has 6 N–H and O–H groups in total. The number of rotatable bonds is 6. The van der Waals surface area contributed by atoms with Crippen molar-refractivity contribution in [3.63, 3.8) is 0 Å². The van der Waals surface area contributed by atoms with Gasteiger partial charge in [0.1, 0.15) is 24.4 Å². The first-order valence-corrected chi connectivity index (χ1v) is 5.59. The van der Waals surface area contributed by atoms with Crippen molar-refractivity contribution >= 4 is 11.8 Å². The standard InChI is InChI=1S/C10H20N2O7/c1-5(14)11-12(6(2)15)3-7(16)9(18)10(19)8(17)4-13/h7-10,13,16-19H,3-4H2,1-2H3,(H,11,14)/t7-,8-,9-,10+/m1/s1. The number of nitrogens with one attached hydrogen (secondary N) is 1. The lowest BCUT2D eigenvalue weighted by Crippen LogP contribution is -2.54. The molecule has 0 aliphatic rings. The molecule has 0 aromatic heterocycles. The number of carbonyl (C=O) groups is 2. The fraction of sp³-hybridized carbons (Fsp3) is 0.800. The van der Waals surface area contributed by atoms with E-state index in [-0.39, 0.29) is 0 Å². The fourth-order valence-corrected chi connectivity index (χ4v) is 1.30. The number of hydrogen-bond acceptors (Lipinski definition) is 7. The van der Waals surface area contributed by atoms with Gasteiger partial charge in [-0.25, -0.2) is 0 Å². The fourth-order valence-electron chi connectivity index (χ4n) is 1.30. The molecule has 0 unspecified atom stereocenters. The highest BCUT2D eigenvalue weighted by Crippen LogP contribution is 2.06. The minimum absolute atomic E-state index is 0.481. The molecule has 4 atom stereocenters. The molecule has 0 saturated heterocycles. The summed E-state index contributed by atoms with van der Waals surface area (Å²) in [5.74, 6) is -1.13. The maximum atomic E-state index is 11.2. The van der Waals surface area contributed by atoms with Gasteiger partial charge in [0.25, 0.3) is 0 Å². The van der Waals surface area contributed by atoms with Gasteiger partial charge in [-0.05, 0) is 0 Å². The molecule has 0 radical (unpaired) electrons. The molecule has 9 nitrogen and oxygen atoms in total. The van der Waals surface area contributed by atoms with Crippen LogP contribution in [0.1, 0.15) is 13.8 Å². The second-order valence-corrected chi connectivity index (χ2v) is 4.10. The zero-order valence-electron chi connectivity index (χ0n) is 10.7. The Morgan fingerprint density at radius 2 is 1.53 bits per heavy atom.